The van der Waals surface area contributed by atoms with E-state index in [1.807, 2.05) is 48.5 Å². The highest BCUT2D eigenvalue weighted by Crippen LogP contribution is 2.38. The van der Waals surface area contributed by atoms with E-state index in [-0.39, 0.29) is 52.9 Å². The normalized spacial score (nSPS) is 19.2. The average molecular weight is 857 g/mol. The smallest absolute Gasteiger partial charge is 0.387 e. The number of esters is 2. The van der Waals surface area contributed by atoms with Crippen LogP contribution in [0.25, 0.3) is 0 Å². The molecule has 0 radical (unpaired) electrons. The van der Waals surface area contributed by atoms with Crippen LogP contribution in [0.3, 0.4) is 0 Å². The number of fused-ring (bicyclic) bond motifs is 3. The Kier molecular flexibility index (Phi) is 15.3. The molecule has 1 aliphatic carbocycles. The minimum absolute atomic E-state index is 0.0259. The van der Waals surface area contributed by atoms with Crippen LogP contribution in [0.5, 0.6) is 11.5 Å². The number of alkyl halides is 2. The molecule has 4 heterocycles. The molecule has 3 aromatic carbocycles. The van der Waals surface area contributed by atoms with Crippen LogP contribution in [0.15, 0.2) is 85.2 Å². The molecular formula is C43H45Cl2F2N3O9. The zero-order chi connectivity index (χ0) is 41.9. The van der Waals surface area contributed by atoms with E-state index in [4.69, 9.17) is 52.1 Å². The van der Waals surface area contributed by atoms with Crippen LogP contribution >= 0.6 is 23.2 Å². The van der Waals surface area contributed by atoms with E-state index < -0.39 is 24.7 Å². The van der Waals surface area contributed by atoms with Crippen LogP contribution in [0, 0.1) is 17.0 Å². The van der Waals surface area contributed by atoms with Crippen molar-refractivity contribution in [2.75, 3.05) is 26.2 Å². The van der Waals surface area contributed by atoms with Gasteiger partial charge < -0.3 is 29.3 Å². The molecule has 1 aromatic heterocycles. The maximum atomic E-state index is 13.6. The Morgan fingerprint density at radius 1 is 0.932 bits per heavy atom. The average Bonchev–Trinajstić information content (AvgIpc) is 4.04. The van der Waals surface area contributed by atoms with Crippen LogP contribution < -0.4 is 19.5 Å². The van der Waals surface area contributed by atoms with Gasteiger partial charge in [0, 0.05) is 25.1 Å². The zero-order valence-corrected chi connectivity index (χ0v) is 33.5. The highest BCUT2D eigenvalue weighted by molar-refractivity contribution is 6.35. The summed E-state index contributed by atoms with van der Waals surface area (Å²) in [6, 6.07) is 20.5. The molecule has 2 N–H and O–H groups in total. The van der Waals surface area contributed by atoms with Crippen LogP contribution in [0.2, 0.25) is 10.0 Å². The van der Waals surface area contributed by atoms with Gasteiger partial charge in [0.25, 0.3) is 6.47 Å². The van der Waals surface area contributed by atoms with E-state index in [1.165, 1.54) is 18.2 Å². The number of nitrogens with one attached hydrogen (secondary N) is 1. The van der Waals surface area contributed by atoms with Crippen LogP contribution in [0.1, 0.15) is 65.6 Å². The number of carboxylic acid groups (broad SMARTS) is 1. The van der Waals surface area contributed by atoms with Crippen LogP contribution in [0.4, 0.5) is 8.78 Å². The van der Waals surface area contributed by atoms with Gasteiger partial charge in [-0.1, -0.05) is 83.9 Å². The van der Waals surface area contributed by atoms with E-state index >= 15 is 0 Å². The Morgan fingerprint density at radius 3 is 2.27 bits per heavy atom. The highest BCUT2D eigenvalue weighted by Gasteiger charge is 2.38. The zero-order valence-electron chi connectivity index (χ0n) is 32.0. The quantitative estimate of drug-likeness (QED) is 0.0479. The summed E-state index contributed by atoms with van der Waals surface area (Å²) in [5.74, 6) is -0.265. The number of hydrogen-bond acceptors (Lipinski definition) is 10. The van der Waals surface area contributed by atoms with Crippen LogP contribution in [-0.4, -0.2) is 67.4 Å². The molecule has 1 saturated carbocycles. The standard InChI is InChI=1S/C42H43Cl2F2N3O7.CH2O2/c43-33-22-49(52)23-34(44)32(33)20-36(31-11-12-35(56-42(45)46)37(19-31)53-25-26-9-10-26)54-39(50)18-27-5-4-6-28(17-27)21-47-40(30-7-2-1-3-8-30)41(51)55-38-24-48-15-13-29(38)14-16-48;2-1-3/h1-8,11-12,17,19,22-23,26,29,36,38,40,42,47H,9-10,13-16,18,20-21,24-25H2;1H,(H,2,3)/t36?,38-,40?;/m0./s1. The minimum atomic E-state index is -3.07. The second-order valence-corrected chi connectivity index (χ2v) is 15.6. The maximum Gasteiger partial charge on any atom is 0.387 e. The Balaban J connectivity index is 0.00000189. The Bertz CT molecular complexity index is 2030. The fourth-order valence-electron chi connectivity index (χ4n) is 7.34. The number of aromatic nitrogens is 1. The number of nitrogens with zero attached hydrogens (tertiary/aromatic N) is 2. The number of benzene rings is 3. The number of carbonyl (C=O) groups is 3. The molecule has 2 bridgehead atoms. The van der Waals surface area contributed by atoms with Crippen molar-refractivity contribution in [3.05, 3.63) is 128 Å². The van der Waals surface area contributed by atoms with Crippen LogP contribution in [-0.2, 0) is 43.2 Å². The monoisotopic (exact) mass is 855 g/mol. The van der Waals surface area contributed by atoms with Gasteiger partial charge in [0.05, 0.1) is 13.0 Å². The largest absolute Gasteiger partial charge is 0.619 e. The molecule has 314 valence electrons. The number of hydrogen-bond donors (Lipinski definition) is 2. The molecule has 0 spiro atoms. The van der Waals surface area contributed by atoms with Gasteiger partial charge in [-0.2, -0.15) is 13.5 Å². The topological polar surface area (TPSA) is 151 Å². The maximum absolute atomic E-state index is 13.6. The molecule has 8 rings (SSSR count). The lowest BCUT2D eigenvalue weighted by Gasteiger charge is -2.44. The number of rotatable bonds is 17. The predicted molar refractivity (Wildman–Crippen MR) is 213 cm³/mol. The third-order valence-corrected chi connectivity index (χ3v) is 11.2. The van der Waals surface area contributed by atoms with E-state index in [1.54, 1.807) is 6.07 Å². The summed E-state index contributed by atoms with van der Waals surface area (Å²) in [6.07, 6.45) is 5.05. The van der Waals surface area contributed by atoms with E-state index in [0.717, 1.165) is 68.8 Å². The first-order valence-corrected chi connectivity index (χ1v) is 20.1. The molecule has 4 aromatic rings. The Labute approximate surface area is 350 Å². The predicted octanol–water partition coefficient (Wildman–Crippen LogP) is 7.26. The molecule has 3 atom stereocenters. The Morgan fingerprint density at radius 2 is 1.63 bits per heavy atom. The first-order chi connectivity index (χ1) is 28.5. The van der Waals surface area contributed by atoms with Gasteiger partial charge in [-0.25, -0.2) is 4.79 Å². The van der Waals surface area contributed by atoms with Crippen molar-refractivity contribution >= 4 is 41.6 Å². The molecule has 59 heavy (non-hydrogen) atoms. The van der Waals surface area contributed by atoms with Crippen molar-refractivity contribution in [1.29, 1.82) is 0 Å². The van der Waals surface area contributed by atoms with E-state index in [9.17, 15) is 23.6 Å². The number of ether oxygens (including phenoxy) is 4. The number of piperidine rings is 3. The molecular weight excluding hydrogens is 811 g/mol. The summed E-state index contributed by atoms with van der Waals surface area (Å²) in [6.45, 7) is 0.176. The fourth-order valence-corrected chi connectivity index (χ4v) is 7.94. The van der Waals surface area contributed by atoms with Gasteiger partial charge >= 0.3 is 18.6 Å². The number of carbonyl (C=O) groups excluding carboxylic acids is 2. The third kappa shape index (κ3) is 12.5. The van der Waals surface area contributed by atoms with Gasteiger partial charge in [0.2, 0.25) is 0 Å². The summed E-state index contributed by atoms with van der Waals surface area (Å²) in [5, 5.41) is 22.4. The molecule has 2 unspecified atom stereocenters. The fraction of sp³-hybridized carbons (Fsp3) is 0.395. The second kappa shape index (κ2) is 20.8. The van der Waals surface area contributed by atoms with E-state index in [2.05, 4.69) is 10.2 Å². The van der Waals surface area contributed by atoms with E-state index in [0.29, 0.717) is 46.4 Å². The van der Waals surface area contributed by atoms with Gasteiger partial charge in [0.1, 0.15) is 28.3 Å². The molecule has 4 aliphatic rings. The van der Waals surface area contributed by atoms with Gasteiger partial charge in [-0.05, 0) is 85.0 Å². The van der Waals surface area contributed by atoms with Crippen molar-refractivity contribution in [2.45, 2.75) is 69.9 Å². The molecule has 3 aliphatic heterocycles. The second-order valence-electron chi connectivity index (χ2n) is 14.8. The van der Waals surface area contributed by atoms with Gasteiger partial charge in [-0.3, -0.25) is 19.8 Å². The minimum Gasteiger partial charge on any atom is -0.619 e. The lowest BCUT2D eigenvalue weighted by molar-refractivity contribution is -0.605. The SMILES string of the molecule is O=C(Cc1cccc(CNC(C(=O)O[C@H]2CN3CCC2CC3)c2ccccc2)c1)OC(Cc1c(Cl)c[n+]([O-])cc1Cl)c1ccc(OC(F)F)c(OCC2CC2)c1.O=CO. The third-order valence-electron chi connectivity index (χ3n) is 10.5. The lowest BCUT2D eigenvalue weighted by Crippen LogP contribution is -2.52. The summed E-state index contributed by atoms with van der Waals surface area (Å²) >= 11 is 12.8. The molecule has 4 fully saturated rings. The van der Waals surface area contributed by atoms with Crippen molar-refractivity contribution in [2.24, 2.45) is 11.8 Å². The number of pyridine rings is 1. The lowest BCUT2D eigenvalue weighted by atomic mass is 9.86. The summed E-state index contributed by atoms with van der Waals surface area (Å²) in [5.41, 5.74) is 3.08. The highest BCUT2D eigenvalue weighted by atomic mass is 35.5. The first-order valence-electron chi connectivity index (χ1n) is 19.3. The first kappa shape index (κ1) is 43.6. The van der Waals surface area contributed by atoms with Gasteiger partial charge in [0.15, 0.2) is 23.9 Å². The Hall–Kier alpha value is -5.02. The molecule has 16 heteroatoms. The summed E-state index contributed by atoms with van der Waals surface area (Å²) < 4.78 is 49.8. The molecule has 3 saturated heterocycles. The van der Waals surface area contributed by atoms with Gasteiger partial charge in [-0.15, -0.1) is 0 Å². The molecule has 0 amide bonds. The van der Waals surface area contributed by atoms with Crippen molar-refractivity contribution in [3.8, 4) is 11.5 Å². The van der Waals surface area contributed by atoms with Crippen molar-refractivity contribution in [1.82, 2.24) is 10.2 Å². The summed E-state index contributed by atoms with van der Waals surface area (Å²) in [7, 11) is 0. The molecule has 12 nitrogen and oxygen atoms in total. The van der Waals surface area contributed by atoms with Crippen molar-refractivity contribution in [3.63, 3.8) is 0 Å². The summed E-state index contributed by atoms with van der Waals surface area (Å²) in [4.78, 5) is 38.0. The van der Waals surface area contributed by atoms with Crippen molar-refractivity contribution < 1.29 is 51.9 Å². The number of halogens is 4.